The molecule has 3 aromatic carbocycles. The van der Waals surface area contributed by atoms with Crippen LogP contribution in [0.5, 0.6) is 5.75 Å². The van der Waals surface area contributed by atoms with Crippen molar-refractivity contribution < 1.29 is 14.7 Å². The summed E-state index contributed by atoms with van der Waals surface area (Å²) in [4.78, 5) is 24.4. The molecule has 29 heavy (non-hydrogen) atoms. The highest BCUT2D eigenvalue weighted by atomic mass is 35.5. The third kappa shape index (κ3) is 3.66. The van der Waals surface area contributed by atoms with E-state index >= 15 is 0 Å². The van der Waals surface area contributed by atoms with Gasteiger partial charge in [-0.3, -0.25) is 14.9 Å². The van der Waals surface area contributed by atoms with Crippen LogP contribution >= 0.6 is 12.4 Å². The Hall–Kier alpha value is -3.05. The topological polar surface area (TPSA) is 78.4 Å². The van der Waals surface area contributed by atoms with Gasteiger partial charge in [0.2, 0.25) is 0 Å². The molecule has 1 heterocycles. The van der Waals surface area contributed by atoms with Crippen molar-refractivity contribution in [1.82, 2.24) is 5.32 Å². The Morgan fingerprint density at radius 3 is 2.41 bits per heavy atom. The molecular formula is C23H23ClN2O3. The third-order valence-electron chi connectivity index (χ3n) is 5.33. The van der Waals surface area contributed by atoms with Crippen LogP contribution in [0.3, 0.4) is 0 Å². The van der Waals surface area contributed by atoms with Gasteiger partial charge in [-0.2, -0.15) is 0 Å². The van der Waals surface area contributed by atoms with Crippen LogP contribution in [0.4, 0.5) is 11.4 Å². The zero-order valence-electron chi connectivity index (χ0n) is 16.3. The third-order valence-corrected chi connectivity index (χ3v) is 5.33. The molecule has 3 aromatic rings. The normalized spacial score (nSPS) is 13.6. The molecule has 0 spiro atoms. The van der Waals surface area contributed by atoms with Gasteiger partial charge in [-0.05, 0) is 42.2 Å². The predicted octanol–water partition coefficient (Wildman–Crippen LogP) is 5.50. The van der Waals surface area contributed by atoms with Gasteiger partial charge in [0.1, 0.15) is 5.75 Å². The van der Waals surface area contributed by atoms with Gasteiger partial charge in [-0.25, -0.2) is 0 Å². The number of aromatic hydroxyl groups is 1. The first-order valence-corrected chi connectivity index (χ1v) is 9.51. The fourth-order valence-electron chi connectivity index (χ4n) is 3.85. The number of anilines is 2. The van der Waals surface area contributed by atoms with Crippen molar-refractivity contribution in [3.05, 3.63) is 65.2 Å². The minimum atomic E-state index is -0.496. The zero-order valence-corrected chi connectivity index (χ0v) is 17.1. The SMILES string of the molecule is CCCC(C)c1ccc(Nc2c(O)cc3c4c(cccc24)C(=O)NC3=O)cc1.Cl. The van der Waals surface area contributed by atoms with Gasteiger partial charge in [0.15, 0.2) is 0 Å². The molecular weight excluding hydrogens is 388 g/mol. The molecule has 0 aliphatic carbocycles. The number of benzene rings is 3. The maximum Gasteiger partial charge on any atom is 0.258 e. The number of phenolic OH excluding ortho intramolecular Hbond substituents is 1. The summed E-state index contributed by atoms with van der Waals surface area (Å²) in [7, 11) is 0. The summed E-state index contributed by atoms with van der Waals surface area (Å²) < 4.78 is 0. The summed E-state index contributed by atoms with van der Waals surface area (Å²) in [5.41, 5.74) is 3.32. The van der Waals surface area contributed by atoms with Crippen molar-refractivity contribution in [3.8, 4) is 5.75 Å². The van der Waals surface area contributed by atoms with E-state index in [9.17, 15) is 14.7 Å². The molecule has 4 rings (SSSR count). The fraction of sp³-hybridized carbons (Fsp3) is 0.217. The summed E-state index contributed by atoms with van der Waals surface area (Å²) in [5, 5.41) is 17.3. The molecule has 1 aliphatic rings. The van der Waals surface area contributed by atoms with E-state index < -0.39 is 11.8 Å². The molecule has 0 saturated heterocycles. The number of rotatable bonds is 5. The van der Waals surface area contributed by atoms with E-state index in [1.165, 1.54) is 11.6 Å². The number of carbonyl (C=O) groups excluding carboxylic acids is 2. The molecule has 1 aliphatic heterocycles. The molecule has 0 bridgehead atoms. The van der Waals surface area contributed by atoms with Crippen LogP contribution in [0.2, 0.25) is 0 Å². The smallest absolute Gasteiger partial charge is 0.258 e. The molecule has 1 unspecified atom stereocenters. The van der Waals surface area contributed by atoms with Crippen molar-refractivity contribution in [3.63, 3.8) is 0 Å². The van der Waals surface area contributed by atoms with Crippen molar-refractivity contribution in [2.45, 2.75) is 32.6 Å². The first-order chi connectivity index (χ1) is 13.5. The number of nitrogens with one attached hydrogen (secondary N) is 2. The predicted molar refractivity (Wildman–Crippen MR) is 118 cm³/mol. The van der Waals surface area contributed by atoms with E-state index in [2.05, 4.69) is 36.6 Å². The van der Waals surface area contributed by atoms with Crippen molar-refractivity contribution in [1.29, 1.82) is 0 Å². The lowest BCUT2D eigenvalue weighted by atomic mass is 9.93. The van der Waals surface area contributed by atoms with Gasteiger partial charge in [0, 0.05) is 22.0 Å². The maximum absolute atomic E-state index is 12.2. The Morgan fingerprint density at radius 2 is 1.72 bits per heavy atom. The summed E-state index contributed by atoms with van der Waals surface area (Å²) in [5.74, 6) is -0.455. The van der Waals surface area contributed by atoms with Crippen molar-refractivity contribution in [2.24, 2.45) is 0 Å². The van der Waals surface area contributed by atoms with Crippen LogP contribution in [-0.2, 0) is 0 Å². The Morgan fingerprint density at radius 1 is 1.03 bits per heavy atom. The summed E-state index contributed by atoms with van der Waals surface area (Å²) in [6, 6.07) is 14.8. The second-order valence-electron chi connectivity index (χ2n) is 7.27. The Labute approximate surface area is 175 Å². The fourth-order valence-corrected chi connectivity index (χ4v) is 3.85. The Kier molecular flexibility index (Phi) is 5.80. The number of halogens is 1. The van der Waals surface area contributed by atoms with Gasteiger partial charge >= 0.3 is 0 Å². The first kappa shape index (κ1) is 20.7. The quantitative estimate of drug-likeness (QED) is 0.383. The molecule has 0 radical (unpaired) electrons. The molecule has 6 heteroatoms. The largest absolute Gasteiger partial charge is 0.506 e. The van der Waals surface area contributed by atoms with Gasteiger partial charge in [0.05, 0.1) is 11.3 Å². The van der Waals surface area contributed by atoms with Gasteiger partial charge in [0.25, 0.3) is 11.8 Å². The van der Waals surface area contributed by atoms with E-state index in [0.717, 1.165) is 18.5 Å². The highest BCUT2D eigenvalue weighted by molar-refractivity contribution is 6.27. The Bertz CT molecular complexity index is 1090. The molecule has 3 N–H and O–H groups in total. The van der Waals surface area contributed by atoms with E-state index in [-0.39, 0.29) is 18.2 Å². The average Bonchev–Trinajstić information content (AvgIpc) is 2.69. The van der Waals surface area contributed by atoms with Crippen LogP contribution in [0.15, 0.2) is 48.5 Å². The highest BCUT2D eigenvalue weighted by Gasteiger charge is 2.27. The number of imide groups is 1. The van der Waals surface area contributed by atoms with Gasteiger partial charge in [-0.1, -0.05) is 44.5 Å². The number of amides is 2. The molecule has 0 aromatic heterocycles. The summed E-state index contributed by atoms with van der Waals surface area (Å²) in [6.45, 7) is 4.39. The van der Waals surface area contributed by atoms with Crippen LogP contribution < -0.4 is 10.6 Å². The van der Waals surface area contributed by atoms with Crippen LogP contribution in [0, 0.1) is 0 Å². The zero-order chi connectivity index (χ0) is 19.8. The molecule has 1 atom stereocenters. The molecule has 2 amide bonds. The average molecular weight is 411 g/mol. The molecule has 5 nitrogen and oxygen atoms in total. The first-order valence-electron chi connectivity index (χ1n) is 9.51. The molecule has 0 saturated carbocycles. The van der Waals surface area contributed by atoms with E-state index in [1.54, 1.807) is 18.2 Å². The standard InChI is InChI=1S/C23H22N2O3.ClH/c1-3-5-13(2)14-8-10-15(11-9-14)24-21-16-6-4-7-17-20(16)18(12-19(21)26)23(28)25-22(17)27;/h4,6-13,24,26H,3,5H2,1-2H3,(H,25,27,28);1H. The van der Waals surface area contributed by atoms with Crippen LogP contribution in [0.1, 0.15) is 58.9 Å². The number of carbonyl (C=O) groups is 2. The summed E-state index contributed by atoms with van der Waals surface area (Å²) >= 11 is 0. The lowest BCUT2D eigenvalue weighted by Crippen LogP contribution is -2.34. The Balaban J connectivity index is 0.00000240. The lowest BCUT2D eigenvalue weighted by molar-refractivity contribution is 0.0844. The highest BCUT2D eigenvalue weighted by Crippen LogP contribution is 2.40. The van der Waals surface area contributed by atoms with E-state index in [1.807, 2.05) is 12.1 Å². The monoisotopic (exact) mass is 410 g/mol. The van der Waals surface area contributed by atoms with Gasteiger partial charge in [-0.15, -0.1) is 12.4 Å². The second kappa shape index (κ2) is 8.13. The van der Waals surface area contributed by atoms with E-state index in [4.69, 9.17) is 0 Å². The van der Waals surface area contributed by atoms with Crippen LogP contribution in [0.25, 0.3) is 10.8 Å². The van der Waals surface area contributed by atoms with Gasteiger partial charge < -0.3 is 10.4 Å². The maximum atomic E-state index is 12.2. The second-order valence-corrected chi connectivity index (χ2v) is 7.27. The van der Waals surface area contributed by atoms with Crippen molar-refractivity contribution in [2.75, 3.05) is 5.32 Å². The lowest BCUT2D eigenvalue weighted by Gasteiger charge is -2.20. The summed E-state index contributed by atoms with van der Waals surface area (Å²) in [6.07, 6.45) is 2.28. The van der Waals surface area contributed by atoms with Crippen LogP contribution in [-0.4, -0.2) is 16.9 Å². The van der Waals surface area contributed by atoms with Crippen molar-refractivity contribution >= 4 is 46.4 Å². The number of hydrogen-bond acceptors (Lipinski definition) is 4. The number of hydrogen-bond donors (Lipinski definition) is 3. The minimum Gasteiger partial charge on any atom is -0.506 e. The minimum absolute atomic E-state index is 0. The molecule has 150 valence electrons. The number of phenols is 1. The molecule has 0 fully saturated rings. The van der Waals surface area contributed by atoms with E-state index in [0.29, 0.717) is 33.5 Å².